The van der Waals surface area contributed by atoms with E-state index in [-0.39, 0.29) is 18.7 Å². The molecule has 0 bridgehead atoms. The van der Waals surface area contributed by atoms with Gasteiger partial charge < -0.3 is 14.4 Å². The van der Waals surface area contributed by atoms with Crippen molar-refractivity contribution in [1.29, 1.82) is 0 Å². The summed E-state index contributed by atoms with van der Waals surface area (Å²) in [5.41, 5.74) is 2.71. The summed E-state index contributed by atoms with van der Waals surface area (Å²) in [6.45, 7) is 0.837. The summed E-state index contributed by atoms with van der Waals surface area (Å²) in [5, 5.41) is 2.82. The van der Waals surface area contributed by atoms with Gasteiger partial charge in [-0.25, -0.2) is 4.98 Å². The van der Waals surface area contributed by atoms with Crippen molar-refractivity contribution in [3.8, 4) is 22.2 Å². The summed E-state index contributed by atoms with van der Waals surface area (Å²) < 4.78 is 10.9. The molecule has 1 aliphatic carbocycles. The number of rotatable bonds is 6. The lowest BCUT2D eigenvalue weighted by atomic mass is 10.1. The molecule has 1 fully saturated rings. The maximum absolute atomic E-state index is 13.3. The molecule has 30 heavy (non-hydrogen) atoms. The van der Waals surface area contributed by atoms with Crippen LogP contribution in [0.2, 0.25) is 0 Å². The second kappa shape index (κ2) is 8.44. The molecular weight excluding hydrogens is 398 g/mol. The van der Waals surface area contributed by atoms with Crippen LogP contribution in [-0.4, -0.2) is 33.6 Å². The molecule has 3 heterocycles. The van der Waals surface area contributed by atoms with Crippen LogP contribution in [0.3, 0.4) is 0 Å². The van der Waals surface area contributed by atoms with E-state index < -0.39 is 0 Å². The Morgan fingerprint density at radius 2 is 2.00 bits per heavy atom. The Morgan fingerprint density at radius 1 is 1.13 bits per heavy atom. The highest BCUT2D eigenvalue weighted by Gasteiger charge is 2.28. The Hall–Kier alpha value is -2.93. The number of thiazole rings is 1. The van der Waals surface area contributed by atoms with Crippen molar-refractivity contribution in [2.24, 2.45) is 0 Å². The van der Waals surface area contributed by atoms with Gasteiger partial charge in [0.25, 0.3) is 0 Å². The Morgan fingerprint density at radius 3 is 2.83 bits per heavy atom. The standard InChI is InChI=1S/C23H23N3O3S/c27-22(12-17-14-30-23(25-17)19-7-3-4-10-24-19)26(18-5-1-2-6-18)13-16-8-9-20-21(11-16)29-15-28-20/h3-4,7-11,14,18H,1-2,5-6,12-13,15H2. The first-order valence-corrected chi connectivity index (χ1v) is 11.2. The number of fused-ring (bicyclic) bond motifs is 1. The number of amides is 1. The lowest BCUT2D eigenvalue weighted by molar-refractivity contribution is -0.133. The highest BCUT2D eigenvalue weighted by Crippen LogP contribution is 2.34. The molecule has 1 amide bonds. The molecule has 1 aromatic carbocycles. The monoisotopic (exact) mass is 421 g/mol. The average Bonchev–Trinajstić information content (AvgIpc) is 3.53. The van der Waals surface area contributed by atoms with E-state index in [1.165, 1.54) is 24.2 Å². The average molecular weight is 422 g/mol. The van der Waals surface area contributed by atoms with E-state index >= 15 is 0 Å². The Bertz CT molecular complexity index is 1030. The molecule has 0 saturated heterocycles. The van der Waals surface area contributed by atoms with Crippen molar-refractivity contribution in [3.63, 3.8) is 0 Å². The molecule has 0 radical (unpaired) electrons. The number of aromatic nitrogens is 2. The smallest absolute Gasteiger partial charge is 0.231 e. The zero-order chi connectivity index (χ0) is 20.3. The third-order valence-corrected chi connectivity index (χ3v) is 6.56. The molecule has 7 heteroatoms. The van der Waals surface area contributed by atoms with Gasteiger partial charge in [0.1, 0.15) is 5.01 Å². The molecule has 1 saturated carbocycles. The lowest BCUT2D eigenvalue weighted by Gasteiger charge is -2.29. The van der Waals surface area contributed by atoms with Crippen LogP contribution in [0.5, 0.6) is 11.5 Å². The topological polar surface area (TPSA) is 64.6 Å². The van der Waals surface area contributed by atoms with Crippen molar-refractivity contribution in [2.45, 2.75) is 44.7 Å². The van der Waals surface area contributed by atoms with Crippen LogP contribution in [0.4, 0.5) is 0 Å². The minimum absolute atomic E-state index is 0.123. The summed E-state index contributed by atoms with van der Waals surface area (Å²) in [4.78, 5) is 24.3. The van der Waals surface area contributed by atoms with Gasteiger partial charge in [-0.1, -0.05) is 25.0 Å². The molecule has 2 aromatic heterocycles. The molecule has 154 valence electrons. The van der Waals surface area contributed by atoms with E-state index in [0.29, 0.717) is 13.0 Å². The third-order valence-electron chi connectivity index (χ3n) is 5.64. The zero-order valence-corrected chi connectivity index (χ0v) is 17.4. The van der Waals surface area contributed by atoms with E-state index in [0.717, 1.165) is 46.3 Å². The number of nitrogens with zero attached hydrogens (tertiary/aromatic N) is 3. The Kier molecular flexibility index (Phi) is 5.36. The quantitative estimate of drug-likeness (QED) is 0.588. The largest absolute Gasteiger partial charge is 0.454 e. The maximum atomic E-state index is 13.3. The van der Waals surface area contributed by atoms with E-state index in [9.17, 15) is 4.79 Å². The van der Waals surface area contributed by atoms with Gasteiger partial charge in [0.2, 0.25) is 12.7 Å². The molecule has 0 spiro atoms. The first-order chi connectivity index (χ1) is 14.8. The van der Waals surface area contributed by atoms with Crippen LogP contribution in [-0.2, 0) is 17.8 Å². The van der Waals surface area contributed by atoms with Crippen LogP contribution in [0, 0.1) is 0 Å². The summed E-state index contributed by atoms with van der Waals surface area (Å²) >= 11 is 1.53. The molecule has 2 aliphatic rings. The number of benzene rings is 1. The number of carbonyl (C=O) groups is 1. The predicted octanol–water partition coefficient (Wildman–Crippen LogP) is 4.45. The fourth-order valence-electron chi connectivity index (χ4n) is 4.12. The summed E-state index contributed by atoms with van der Waals surface area (Å²) in [6.07, 6.45) is 6.55. The van der Waals surface area contributed by atoms with Crippen molar-refractivity contribution in [1.82, 2.24) is 14.9 Å². The second-order valence-electron chi connectivity index (χ2n) is 7.68. The lowest BCUT2D eigenvalue weighted by Crippen LogP contribution is -2.39. The van der Waals surface area contributed by atoms with Crippen molar-refractivity contribution >= 4 is 17.2 Å². The van der Waals surface area contributed by atoms with Crippen LogP contribution in [0.25, 0.3) is 10.7 Å². The van der Waals surface area contributed by atoms with Crippen molar-refractivity contribution < 1.29 is 14.3 Å². The first kappa shape index (κ1) is 19.1. The van der Waals surface area contributed by atoms with Crippen LogP contribution >= 0.6 is 11.3 Å². The fraction of sp³-hybridized carbons (Fsp3) is 0.348. The molecule has 0 N–H and O–H groups in total. The highest BCUT2D eigenvalue weighted by atomic mass is 32.1. The number of carbonyl (C=O) groups excluding carboxylic acids is 1. The van der Waals surface area contributed by atoms with Gasteiger partial charge in [-0.3, -0.25) is 9.78 Å². The minimum atomic E-state index is 0.123. The molecule has 1 aliphatic heterocycles. The predicted molar refractivity (Wildman–Crippen MR) is 114 cm³/mol. The van der Waals surface area contributed by atoms with Crippen LogP contribution < -0.4 is 9.47 Å². The maximum Gasteiger partial charge on any atom is 0.231 e. The number of pyridine rings is 1. The SMILES string of the molecule is O=C(Cc1csc(-c2ccccn2)n1)N(Cc1ccc2c(c1)OCO2)C1CCCC1. The highest BCUT2D eigenvalue weighted by molar-refractivity contribution is 7.13. The normalized spacial score (nSPS) is 15.5. The van der Waals surface area contributed by atoms with Crippen molar-refractivity contribution in [2.75, 3.05) is 6.79 Å². The molecule has 3 aromatic rings. The van der Waals surface area contributed by atoms with E-state index in [4.69, 9.17) is 9.47 Å². The second-order valence-corrected chi connectivity index (χ2v) is 8.54. The van der Waals surface area contributed by atoms with Crippen LogP contribution in [0.15, 0.2) is 48.0 Å². The van der Waals surface area contributed by atoms with Gasteiger partial charge in [-0.15, -0.1) is 11.3 Å². The Labute approximate surface area is 179 Å². The fourth-order valence-corrected chi connectivity index (χ4v) is 4.92. The molecule has 5 rings (SSSR count). The summed E-state index contributed by atoms with van der Waals surface area (Å²) in [7, 11) is 0. The van der Waals surface area contributed by atoms with Gasteiger partial charge in [-0.2, -0.15) is 0 Å². The summed E-state index contributed by atoms with van der Waals surface area (Å²) in [5.74, 6) is 1.64. The molecule has 6 nitrogen and oxygen atoms in total. The van der Waals surface area contributed by atoms with Crippen molar-refractivity contribution in [3.05, 3.63) is 59.2 Å². The van der Waals surface area contributed by atoms with E-state index in [2.05, 4.69) is 9.97 Å². The molecular formula is C23H23N3O3S. The van der Waals surface area contributed by atoms with E-state index in [1.54, 1.807) is 6.20 Å². The summed E-state index contributed by atoms with van der Waals surface area (Å²) in [6, 6.07) is 12.0. The van der Waals surface area contributed by atoms with E-state index in [1.807, 2.05) is 46.7 Å². The number of hydrogen-bond donors (Lipinski definition) is 0. The Balaban J connectivity index is 1.33. The molecule has 0 unspecified atom stereocenters. The number of hydrogen-bond acceptors (Lipinski definition) is 6. The van der Waals surface area contributed by atoms with Gasteiger partial charge in [0.15, 0.2) is 11.5 Å². The third kappa shape index (κ3) is 4.03. The van der Waals surface area contributed by atoms with Gasteiger partial charge in [0.05, 0.1) is 17.8 Å². The minimum Gasteiger partial charge on any atom is -0.454 e. The first-order valence-electron chi connectivity index (χ1n) is 10.3. The van der Waals surface area contributed by atoms with Gasteiger partial charge in [0, 0.05) is 24.2 Å². The van der Waals surface area contributed by atoms with Gasteiger partial charge in [-0.05, 0) is 42.7 Å². The van der Waals surface area contributed by atoms with Crippen LogP contribution in [0.1, 0.15) is 36.9 Å². The zero-order valence-electron chi connectivity index (χ0n) is 16.6. The van der Waals surface area contributed by atoms with Gasteiger partial charge >= 0.3 is 0 Å². The number of ether oxygens (including phenoxy) is 2. The molecule has 0 atom stereocenters.